The molecule has 2 heteroatoms. The van der Waals surface area contributed by atoms with Gasteiger partial charge >= 0.3 is 0 Å². The lowest BCUT2D eigenvalue weighted by Gasteiger charge is -2.59. The fraction of sp³-hybridized carbons (Fsp3) is 1.00. The molecule has 0 aromatic heterocycles. The van der Waals surface area contributed by atoms with Gasteiger partial charge < -0.3 is 10.1 Å². The molecule has 0 radical (unpaired) electrons. The maximum absolute atomic E-state index is 5.70. The van der Waals surface area contributed by atoms with Crippen molar-refractivity contribution in [3.8, 4) is 0 Å². The van der Waals surface area contributed by atoms with Gasteiger partial charge in [-0.25, -0.2) is 0 Å². The molecule has 86 valence electrons. The van der Waals surface area contributed by atoms with Crippen LogP contribution in [0.3, 0.4) is 0 Å². The Kier molecular flexibility index (Phi) is 2.52. The maximum atomic E-state index is 5.70. The molecule has 0 aromatic rings. The zero-order valence-corrected chi connectivity index (χ0v) is 9.69. The molecule has 5 aliphatic rings. The van der Waals surface area contributed by atoms with Crippen molar-refractivity contribution in [2.24, 2.45) is 0 Å². The first kappa shape index (κ1) is 10.1. The van der Waals surface area contributed by atoms with Gasteiger partial charge in [0.1, 0.15) is 0 Å². The summed E-state index contributed by atoms with van der Waals surface area (Å²) >= 11 is 0. The lowest BCUT2D eigenvalue weighted by Crippen LogP contribution is -2.73. The predicted octanol–water partition coefficient (Wildman–Crippen LogP) is 2.62. The molecule has 0 amide bonds. The van der Waals surface area contributed by atoms with E-state index >= 15 is 0 Å². The van der Waals surface area contributed by atoms with Crippen molar-refractivity contribution in [3.05, 3.63) is 0 Å². The van der Waals surface area contributed by atoms with Gasteiger partial charge in [-0.2, -0.15) is 0 Å². The van der Waals surface area contributed by atoms with Gasteiger partial charge in [0, 0.05) is 24.3 Å². The van der Waals surface area contributed by atoms with Crippen LogP contribution in [0.15, 0.2) is 0 Å². The molecule has 2 unspecified atom stereocenters. The molecular weight excluding hydrogens is 186 g/mol. The third-order valence-electron chi connectivity index (χ3n) is 4.72. The Balaban J connectivity index is 1.77. The van der Waals surface area contributed by atoms with Crippen LogP contribution in [0.25, 0.3) is 0 Å². The highest BCUT2D eigenvalue weighted by atomic mass is 16.5. The van der Waals surface area contributed by atoms with Crippen molar-refractivity contribution in [2.45, 2.75) is 68.9 Å². The Morgan fingerprint density at radius 2 is 1.27 bits per heavy atom. The lowest BCUT2D eigenvalue weighted by atomic mass is 9.65. The van der Waals surface area contributed by atoms with Crippen molar-refractivity contribution < 1.29 is 4.74 Å². The SMILES string of the molecule is C1CCCC23CCOCCC(CC1)(C2)N3. The van der Waals surface area contributed by atoms with Crippen molar-refractivity contribution in [3.63, 3.8) is 0 Å². The summed E-state index contributed by atoms with van der Waals surface area (Å²) in [5, 5.41) is 3.97. The van der Waals surface area contributed by atoms with Crippen LogP contribution in [0.5, 0.6) is 0 Å². The molecule has 1 N–H and O–H groups in total. The smallest absolute Gasteiger partial charge is 0.0483 e. The predicted molar refractivity (Wildman–Crippen MR) is 61.0 cm³/mol. The average Bonchev–Trinajstić information content (AvgIpc) is 2.26. The Labute approximate surface area is 92.8 Å². The zero-order valence-electron chi connectivity index (χ0n) is 9.69. The van der Waals surface area contributed by atoms with Crippen LogP contribution in [0, 0.1) is 0 Å². The first-order chi connectivity index (χ1) is 7.33. The monoisotopic (exact) mass is 209 g/mol. The third-order valence-corrected chi connectivity index (χ3v) is 4.72. The normalized spacial score (nSPS) is 46.4. The molecule has 2 atom stereocenters. The Hall–Kier alpha value is -0.0800. The lowest BCUT2D eigenvalue weighted by molar-refractivity contribution is -0.0494. The molecule has 1 saturated carbocycles. The van der Waals surface area contributed by atoms with E-state index in [0.717, 1.165) is 13.2 Å². The van der Waals surface area contributed by atoms with Crippen LogP contribution in [-0.2, 0) is 4.74 Å². The minimum atomic E-state index is 0.477. The number of fused-ring (bicyclic) bond motifs is 9. The quantitative estimate of drug-likeness (QED) is 0.662. The van der Waals surface area contributed by atoms with E-state index in [0.29, 0.717) is 11.1 Å². The van der Waals surface area contributed by atoms with E-state index < -0.39 is 0 Å². The van der Waals surface area contributed by atoms with Gasteiger partial charge in [0.05, 0.1) is 0 Å². The standard InChI is InChI=1S/C13H23NO/c1-2-4-6-13-8-10-15-9-7-12(11-13,14-13)5-3-1/h14H,1-11H2. The van der Waals surface area contributed by atoms with E-state index in [9.17, 15) is 0 Å². The molecule has 15 heavy (non-hydrogen) atoms. The largest absolute Gasteiger partial charge is 0.381 e. The van der Waals surface area contributed by atoms with Crippen LogP contribution < -0.4 is 5.32 Å². The molecule has 0 aromatic carbocycles. The first-order valence-electron chi connectivity index (χ1n) is 6.70. The molecule has 4 saturated heterocycles. The third kappa shape index (κ3) is 1.83. The summed E-state index contributed by atoms with van der Waals surface area (Å²) in [6.45, 7) is 1.95. The van der Waals surface area contributed by atoms with Crippen LogP contribution in [0.4, 0.5) is 0 Å². The van der Waals surface area contributed by atoms with Crippen molar-refractivity contribution in [2.75, 3.05) is 13.2 Å². The molecule has 2 bridgehead atoms. The summed E-state index contributed by atoms with van der Waals surface area (Å²) in [4.78, 5) is 0. The van der Waals surface area contributed by atoms with E-state index in [-0.39, 0.29) is 0 Å². The molecule has 1 aliphatic carbocycles. The van der Waals surface area contributed by atoms with Gasteiger partial charge in [0.15, 0.2) is 0 Å². The highest BCUT2D eigenvalue weighted by Gasteiger charge is 2.53. The van der Waals surface area contributed by atoms with Crippen molar-refractivity contribution in [1.29, 1.82) is 0 Å². The molecule has 4 heterocycles. The second-order valence-corrected chi connectivity index (χ2v) is 5.89. The highest BCUT2D eigenvalue weighted by Crippen LogP contribution is 2.46. The van der Waals surface area contributed by atoms with Crippen LogP contribution in [0.1, 0.15) is 57.8 Å². The van der Waals surface area contributed by atoms with E-state index in [4.69, 9.17) is 4.74 Å². The summed E-state index contributed by atoms with van der Waals surface area (Å²) in [6, 6.07) is 0. The fourth-order valence-corrected chi connectivity index (χ4v) is 3.96. The second-order valence-electron chi connectivity index (χ2n) is 5.89. The summed E-state index contributed by atoms with van der Waals surface area (Å²) in [5.41, 5.74) is 0.954. The van der Waals surface area contributed by atoms with Crippen LogP contribution >= 0.6 is 0 Å². The Morgan fingerprint density at radius 3 is 1.80 bits per heavy atom. The maximum Gasteiger partial charge on any atom is 0.0483 e. The molecule has 0 spiro atoms. The minimum absolute atomic E-state index is 0.477. The number of ether oxygens (including phenoxy) is 1. The first-order valence-corrected chi connectivity index (χ1v) is 6.70. The summed E-state index contributed by atoms with van der Waals surface area (Å²) in [7, 11) is 0. The van der Waals surface area contributed by atoms with E-state index in [2.05, 4.69) is 5.32 Å². The number of nitrogens with one attached hydrogen (secondary N) is 1. The number of rotatable bonds is 0. The molecule has 4 aliphatic heterocycles. The van der Waals surface area contributed by atoms with Gasteiger partial charge in [0.2, 0.25) is 0 Å². The van der Waals surface area contributed by atoms with Gasteiger partial charge in [-0.3, -0.25) is 0 Å². The van der Waals surface area contributed by atoms with E-state index in [1.807, 2.05) is 0 Å². The summed E-state index contributed by atoms with van der Waals surface area (Å²) < 4.78 is 5.70. The highest BCUT2D eigenvalue weighted by molar-refractivity contribution is 5.13. The van der Waals surface area contributed by atoms with Crippen molar-refractivity contribution in [1.82, 2.24) is 5.32 Å². The summed E-state index contributed by atoms with van der Waals surface area (Å²) in [6.07, 6.45) is 12.4. The van der Waals surface area contributed by atoms with Gasteiger partial charge in [0.25, 0.3) is 0 Å². The van der Waals surface area contributed by atoms with Gasteiger partial charge in [-0.15, -0.1) is 0 Å². The number of hydrogen-bond acceptors (Lipinski definition) is 2. The average molecular weight is 209 g/mol. The minimum Gasteiger partial charge on any atom is -0.381 e. The Bertz CT molecular complexity index is 211. The molecular formula is C13H23NO. The van der Waals surface area contributed by atoms with Gasteiger partial charge in [-0.1, -0.05) is 25.7 Å². The second kappa shape index (κ2) is 3.74. The fourth-order valence-electron chi connectivity index (χ4n) is 3.96. The summed E-state index contributed by atoms with van der Waals surface area (Å²) in [5.74, 6) is 0. The van der Waals surface area contributed by atoms with Gasteiger partial charge in [-0.05, 0) is 32.1 Å². The van der Waals surface area contributed by atoms with E-state index in [1.54, 1.807) is 0 Å². The van der Waals surface area contributed by atoms with E-state index in [1.165, 1.54) is 57.8 Å². The topological polar surface area (TPSA) is 21.3 Å². The molecule has 5 rings (SSSR count). The van der Waals surface area contributed by atoms with Crippen LogP contribution in [-0.4, -0.2) is 24.3 Å². The van der Waals surface area contributed by atoms with Crippen LogP contribution in [0.2, 0.25) is 0 Å². The Morgan fingerprint density at radius 1 is 0.733 bits per heavy atom. The molecule has 2 nitrogen and oxygen atoms in total. The molecule has 5 fully saturated rings. The van der Waals surface area contributed by atoms with Crippen molar-refractivity contribution >= 4 is 0 Å². The zero-order chi connectivity index (χ0) is 10.2. The number of hydrogen-bond donors (Lipinski definition) is 1.